The number of unbranched alkanes of at least 4 members (excludes halogenated alkanes) is 1. The molecule has 0 aliphatic rings. The maximum atomic E-state index is 13.2. The van der Waals surface area contributed by atoms with Gasteiger partial charge in [-0.2, -0.15) is 0 Å². The van der Waals surface area contributed by atoms with E-state index >= 15 is 0 Å². The summed E-state index contributed by atoms with van der Waals surface area (Å²) in [5.74, 6) is 0.664. The van der Waals surface area contributed by atoms with Gasteiger partial charge in [0, 0.05) is 11.8 Å². The van der Waals surface area contributed by atoms with Gasteiger partial charge in [0.2, 0.25) is 0 Å². The van der Waals surface area contributed by atoms with Gasteiger partial charge in [0.15, 0.2) is 0 Å². The minimum absolute atomic E-state index is 0.101. The Morgan fingerprint density at radius 2 is 1.80 bits per heavy atom. The SMILES string of the molecule is CCCCc1c(O)c(C)c(-c2ccccc2)n(-c2ccccn2)c1=O. The standard InChI is InChI=1S/C21H22N2O2/c1-3-4-12-17-20(24)15(2)19(16-10-6-5-7-11-16)23(21(17)25)18-13-8-9-14-22-18/h5-11,13-14,24H,3-4,12H2,1-2H3. The molecule has 0 fully saturated rings. The Balaban J connectivity index is 2.36. The average Bonchev–Trinajstić information content (AvgIpc) is 2.66. The lowest BCUT2D eigenvalue weighted by Crippen LogP contribution is -2.26. The van der Waals surface area contributed by atoms with Gasteiger partial charge < -0.3 is 5.11 Å². The van der Waals surface area contributed by atoms with Gasteiger partial charge in [0.1, 0.15) is 11.6 Å². The summed E-state index contributed by atoms with van der Waals surface area (Å²) in [6.45, 7) is 3.92. The molecule has 0 unspecified atom stereocenters. The Kier molecular flexibility index (Phi) is 4.98. The molecule has 0 saturated carbocycles. The fourth-order valence-electron chi connectivity index (χ4n) is 3.07. The van der Waals surface area contributed by atoms with Gasteiger partial charge in [-0.25, -0.2) is 4.98 Å². The molecule has 0 saturated heterocycles. The highest BCUT2D eigenvalue weighted by Gasteiger charge is 2.21. The van der Waals surface area contributed by atoms with Crippen molar-refractivity contribution in [2.45, 2.75) is 33.1 Å². The van der Waals surface area contributed by atoms with Crippen LogP contribution in [0.4, 0.5) is 0 Å². The zero-order valence-corrected chi connectivity index (χ0v) is 14.6. The molecule has 0 aliphatic heterocycles. The predicted octanol–water partition coefficient (Wildman–Crippen LogP) is 4.26. The van der Waals surface area contributed by atoms with E-state index in [1.54, 1.807) is 10.8 Å². The van der Waals surface area contributed by atoms with Crippen molar-refractivity contribution in [2.24, 2.45) is 0 Å². The van der Waals surface area contributed by atoms with E-state index in [0.717, 1.165) is 18.4 Å². The van der Waals surface area contributed by atoms with Crippen LogP contribution in [0.3, 0.4) is 0 Å². The summed E-state index contributed by atoms with van der Waals surface area (Å²) in [5.41, 5.74) is 2.52. The molecule has 4 nitrogen and oxygen atoms in total. The van der Waals surface area contributed by atoms with Crippen LogP contribution in [0.5, 0.6) is 5.75 Å². The molecule has 0 aliphatic carbocycles. The summed E-state index contributed by atoms with van der Waals surface area (Å²) in [6, 6.07) is 15.1. The highest BCUT2D eigenvalue weighted by Crippen LogP contribution is 2.32. The monoisotopic (exact) mass is 334 g/mol. The van der Waals surface area contributed by atoms with Gasteiger partial charge >= 0.3 is 0 Å². The van der Waals surface area contributed by atoms with Gasteiger partial charge in [-0.15, -0.1) is 0 Å². The van der Waals surface area contributed by atoms with E-state index in [2.05, 4.69) is 11.9 Å². The first-order chi connectivity index (χ1) is 12.1. The van der Waals surface area contributed by atoms with E-state index in [-0.39, 0.29) is 11.3 Å². The van der Waals surface area contributed by atoms with Crippen molar-refractivity contribution >= 4 is 0 Å². The van der Waals surface area contributed by atoms with E-state index in [4.69, 9.17) is 0 Å². The van der Waals surface area contributed by atoms with Gasteiger partial charge in [-0.05, 0) is 37.5 Å². The Morgan fingerprint density at radius 3 is 2.44 bits per heavy atom. The van der Waals surface area contributed by atoms with Crippen molar-refractivity contribution < 1.29 is 5.11 Å². The molecule has 0 atom stereocenters. The molecule has 0 amide bonds. The number of aromatic nitrogens is 2. The minimum Gasteiger partial charge on any atom is -0.507 e. The second-order valence-electron chi connectivity index (χ2n) is 6.10. The smallest absolute Gasteiger partial charge is 0.263 e. The maximum absolute atomic E-state index is 13.2. The average molecular weight is 334 g/mol. The summed E-state index contributed by atoms with van der Waals surface area (Å²) >= 11 is 0. The molecule has 2 aromatic heterocycles. The fraction of sp³-hybridized carbons (Fsp3) is 0.238. The first-order valence-electron chi connectivity index (χ1n) is 8.59. The summed E-state index contributed by atoms with van der Waals surface area (Å²) in [6.07, 6.45) is 4.05. The summed E-state index contributed by atoms with van der Waals surface area (Å²) in [4.78, 5) is 17.6. The van der Waals surface area contributed by atoms with Gasteiger partial charge in [-0.1, -0.05) is 49.7 Å². The molecule has 2 heterocycles. The first-order valence-corrected chi connectivity index (χ1v) is 8.59. The van der Waals surface area contributed by atoms with Crippen molar-refractivity contribution in [3.05, 3.63) is 76.2 Å². The Labute approximate surface area is 147 Å². The lowest BCUT2D eigenvalue weighted by Gasteiger charge is -2.19. The molecule has 128 valence electrons. The summed E-state index contributed by atoms with van der Waals surface area (Å²) in [7, 11) is 0. The summed E-state index contributed by atoms with van der Waals surface area (Å²) in [5, 5.41) is 10.7. The van der Waals surface area contributed by atoms with Crippen LogP contribution in [-0.4, -0.2) is 14.7 Å². The van der Waals surface area contributed by atoms with E-state index in [1.807, 2.05) is 55.5 Å². The third-order valence-electron chi connectivity index (χ3n) is 4.39. The van der Waals surface area contributed by atoms with Gasteiger partial charge in [0.25, 0.3) is 5.56 Å². The zero-order valence-electron chi connectivity index (χ0n) is 14.6. The van der Waals surface area contributed by atoms with E-state index in [0.29, 0.717) is 29.1 Å². The molecule has 0 spiro atoms. The van der Waals surface area contributed by atoms with Crippen molar-refractivity contribution in [3.63, 3.8) is 0 Å². The quantitative estimate of drug-likeness (QED) is 0.758. The second kappa shape index (κ2) is 7.34. The van der Waals surface area contributed by atoms with Crippen LogP contribution in [0.25, 0.3) is 17.1 Å². The van der Waals surface area contributed by atoms with Gasteiger partial charge in [0.05, 0.1) is 11.3 Å². The largest absolute Gasteiger partial charge is 0.507 e. The molecule has 25 heavy (non-hydrogen) atoms. The molecule has 4 heteroatoms. The number of benzene rings is 1. The van der Waals surface area contributed by atoms with E-state index < -0.39 is 0 Å². The predicted molar refractivity (Wildman–Crippen MR) is 100 cm³/mol. The number of hydrogen-bond acceptors (Lipinski definition) is 3. The molecule has 1 aromatic carbocycles. The third kappa shape index (κ3) is 3.20. The Bertz CT molecular complexity index is 916. The van der Waals surface area contributed by atoms with Crippen LogP contribution >= 0.6 is 0 Å². The van der Waals surface area contributed by atoms with Crippen LogP contribution in [-0.2, 0) is 6.42 Å². The van der Waals surface area contributed by atoms with E-state index in [1.165, 1.54) is 0 Å². The number of pyridine rings is 2. The zero-order chi connectivity index (χ0) is 17.8. The van der Waals surface area contributed by atoms with Crippen molar-refractivity contribution in [1.82, 2.24) is 9.55 Å². The molecule has 3 aromatic rings. The van der Waals surface area contributed by atoms with Crippen molar-refractivity contribution in [1.29, 1.82) is 0 Å². The molecule has 0 radical (unpaired) electrons. The number of hydrogen-bond donors (Lipinski definition) is 1. The summed E-state index contributed by atoms with van der Waals surface area (Å²) < 4.78 is 1.62. The lowest BCUT2D eigenvalue weighted by molar-refractivity contribution is 0.459. The number of rotatable bonds is 5. The Hall–Kier alpha value is -2.88. The van der Waals surface area contributed by atoms with Crippen molar-refractivity contribution in [3.8, 4) is 22.8 Å². The van der Waals surface area contributed by atoms with E-state index in [9.17, 15) is 9.90 Å². The van der Waals surface area contributed by atoms with Crippen LogP contribution in [0.1, 0.15) is 30.9 Å². The Morgan fingerprint density at radius 1 is 1.08 bits per heavy atom. The van der Waals surface area contributed by atoms with Crippen LogP contribution in [0, 0.1) is 6.92 Å². The highest BCUT2D eigenvalue weighted by molar-refractivity contribution is 5.69. The molecule has 0 bridgehead atoms. The van der Waals surface area contributed by atoms with Crippen molar-refractivity contribution in [2.75, 3.05) is 0 Å². The molecule has 3 rings (SSSR count). The minimum atomic E-state index is -0.200. The van der Waals surface area contributed by atoms with Crippen LogP contribution in [0.2, 0.25) is 0 Å². The highest BCUT2D eigenvalue weighted by atomic mass is 16.3. The topological polar surface area (TPSA) is 55.1 Å². The normalized spacial score (nSPS) is 10.8. The molecule has 1 N–H and O–H groups in total. The molecular weight excluding hydrogens is 312 g/mol. The van der Waals surface area contributed by atoms with Gasteiger partial charge in [-0.3, -0.25) is 9.36 Å². The van der Waals surface area contributed by atoms with Crippen LogP contribution < -0.4 is 5.56 Å². The second-order valence-corrected chi connectivity index (χ2v) is 6.10. The lowest BCUT2D eigenvalue weighted by atomic mass is 10.00. The molecular formula is C21H22N2O2. The number of nitrogens with zero attached hydrogens (tertiary/aromatic N) is 2. The fourth-order valence-corrected chi connectivity index (χ4v) is 3.07. The van der Waals surface area contributed by atoms with Crippen LogP contribution in [0.15, 0.2) is 59.5 Å². The first kappa shape index (κ1) is 17.0. The number of aromatic hydroxyl groups is 1. The maximum Gasteiger partial charge on any atom is 0.263 e. The third-order valence-corrected chi connectivity index (χ3v) is 4.39.